The Morgan fingerprint density at radius 1 is 1.43 bits per heavy atom. The van der Waals surface area contributed by atoms with Gasteiger partial charge in [-0.3, -0.25) is 10.1 Å². The van der Waals surface area contributed by atoms with Crippen LogP contribution in [0.25, 0.3) is 5.69 Å². The zero-order chi connectivity index (χ0) is 15.7. The van der Waals surface area contributed by atoms with Crippen molar-refractivity contribution in [1.29, 1.82) is 0 Å². The van der Waals surface area contributed by atoms with Crippen LogP contribution >= 0.6 is 0 Å². The number of nitro benzene ring substituents is 1. The fraction of sp³-hybridized carbons (Fsp3) is 0.182. The van der Waals surface area contributed by atoms with Gasteiger partial charge in [0.1, 0.15) is 5.69 Å². The van der Waals surface area contributed by atoms with Crippen LogP contribution in [0.3, 0.4) is 0 Å². The number of carbonyl (C=O) groups is 1. The first kappa shape index (κ1) is 14.5. The van der Waals surface area contributed by atoms with Crippen LogP contribution < -0.4 is 0 Å². The molecule has 21 heavy (non-hydrogen) atoms. The number of aromatic nitrogens is 3. The van der Waals surface area contributed by atoms with Crippen molar-refractivity contribution in [3.05, 3.63) is 45.3 Å². The summed E-state index contributed by atoms with van der Waals surface area (Å²) in [5.41, 5.74) is -1.74. The molecule has 0 aliphatic carbocycles. The topological polar surface area (TPSA) is 111 Å². The predicted molar refractivity (Wildman–Crippen MR) is 64.3 cm³/mol. The molecule has 1 N–H and O–H groups in total. The van der Waals surface area contributed by atoms with E-state index < -0.39 is 39.6 Å². The Morgan fingerprint density at radius 3 is 2.62 bits per heavy atom. The molecule has 0 atom stereocenters. The van der Waals surface area contributed by atoms with Gasteiger partial charge in [-0.05, 0) is 6.42 Å². The van der Waals surface area contributed by atoms with Crippen molar-refractivity contribution in [2.45, 2.75) is 13.3 Å². The van der Waals surface area contributed by atoms with Crippen molar-refractivity contribution in [1.82, 2.24) is 15.0 Å². The van der Waals surface area contributed by atoms with E-state index in [1.165, 1.54) is 0 Å². The van der Waals surface area contributed by atoms with Gasteiger partial charge < -0.3 is 5.11 Å². The first-order valence-electron chi connectivity index (χ1n) is 5.68. The molecule has 10 heteroatoms. The fourth-order valence-corrected chi connectivity index (χ4v) is 1.81. The van der Waals surface area contributed by atoms with Crippen LogP contribution in [-0.2, 0) is 6.42 Å². The van der Waals surface area contributed by atoms with E-state index in [0.29, 0.717) is 12.1 Å². The highest BCUT2D eigenvalue weighted by atomic mass is 19.1. The molecule has 0 saturated heterocycles. The largest absolute Gasteiger partial charge is 0.476 e. The van der Waals surface area contributed by atoms with Crippen LogP contribution in [0, 0.1) is 21.7 Å². The number of aromatic carboxylic acids is 1. The lowest BCUT2D eigenvalue weighted by Gasteiger charge is -2.06. The first-order chi connectivity index (χ1) is 9.86. The molecular formula is C11H8F2N4O4. The molecule has 0 spiro atoms. The van der Waals surface area contributed by atoms with Crippen molar-refractivity contribution in [3.8, 4) is 5.69 Å². The Labute approximate surface area is 115 Å². The fourth-order valence-electron chi connectivity index (χ4n) is 1.81. The second-order valence-corrected chi connectivity index (χ2v) is 3.97. The molecule has 0 radical (unpaired) electrons. The molecule has 0 fully saturated rings. The highest BCUT2D eigenvalue weighted by Gasteiger charge is 2.24. The van der Waals surface area contributed by atoms with E-state index in [2.05, 4.69) is 10.3 Å². The highest BCUT2D eigenvalue weighted by Crippen LogP contribution is 2.25. The average Bonchev–Trinajstić information content (AvgIpc) is 2.81. The SMILES string of the molecule is CCc1c(C(=O)O)nnn1-c1cc([N+](=O)[O-])c(F)cc1F. The summed E-state index contributed by atoms with van der Waals surface area (Å²) in [5.74, 6) is -3.82. The Balaban J connectivity index is 2.70. The molecular weight excluding hydrogens is 290 g/mol. The second-order valence-electron chi connectivity index (χ2n) is 3.97. The third-order valence-electron chi connectivity index (χ3n) is 2.74. The van der Waals surface area contributed by atoms with Gasteiger partial charge in [-0.1, -0.05) is 12.1 Å². The van der Waals surface area contributed by atoms with Gasteiger partial charge in [0.2, 0.25) is 5.82 Å². The van der Waals surface area contributed by atoms with Gasteiger partial charge in [0.25, 0.3) is 0 Å². The van der Waals surface area contributed by atoms with Crippen molar-refractivity contribution in [2.75, 3.05) is 0 Å². The van der Waals surface area contributed by atoms with Gasteiger partial charge in [-0.15, -0.1) is 5.10 Å². The quantitative estimate of drug-likeness (QED) is 0.679. The minimum Gasteiger partial charge on any atom is -0.476 e. The lowest BCUT2D eigenvalue weighted by molar-refractivity contribution is -0.387. The number of nitrogens with zero attached hydrogens (tertiary/aromatic N) is 4. The Hall–Kier alpha value is -2.91. The van der Waals surface area contributed by atoms with Gasteiger partial charge >= 0.3 is 11.7 Å². The Morgan fingerprint density at radius 2 is 2.10 bits per heavy atom. The highest BCUT2D eigenvalue weighted by molar-refractivity contribution is 5.86. The maximum absolute atomic E-state index is 13.8. The molecule has 1 aromatic heterocycles. The Bertz CT molecular complexity index is 744. The molecule has 0 aliphatic rings. The average molecular weight is 298 g/mol. The predicted octanol–water partition coefficient (Wildman–Crippen LogP) is 1.71. The number of hydrogen-bond acceptors (Lipinski definition) is 5. The molecule has 0 aliphatic heterocycles. The summed E-state index contributed by atoms with van der Waals surface area (Å²) in [6, 6.07) is 0.985. The van der Waals surface area contributed by atoms with E-state index in [0.717, 1.165) is 4.68 Å². The van der Waals surface area contributed by atoms with E-state index in [-0.39, 0.29) is 12.1 Å². The van der Waals surface area contributed by atoms with Crippen LogP contribution in [0.2, 0.25) is 0 Å². The second kappa shape index (κ2) is 5.23. The normalized spacial score (nSPS) is 10.6. The van der Waals surface area contributed by atoms with Gasteiger partial charge in [0.15, 0.2) is 11.5 Å². The first-order valence-corrected chi connectivity index (χ1v) is 5.68. The number of benzene rings is 1. The standard InChI is InChI=1S/C11H8F2N4O4/c1-2-7-10(11(18)19)14-15-16(7)8-4-9(17(20)21)6(13)3-5(8)12/h3-4H,2H2,1H3,(H,18,19). The molecule has 110 valence electrons. The summed E-state index contributed by atoms with van der Waals surface area (Å²) >= 11 is 0. The molecule has 0 amide bonds. The summed E-state index contributed by atoms with van der Waals surface area (Å²) in [4.78, 5) is 20.6. The summed E-state index contributed by atoms with van der Waals surface area (Å²) < 4.78 is 27.9. The lowest BCUT2D eigenvalue weighted by atomic mass is 10.2. The molecule has 2 aromatic rings. The summed E-state index contributed by atoms with van der Waals surface area (Å²) in [5, 5.41) is 26.5. The van der Waals surface area contributed by atoms with Crippen LogP contribution in [0.4, 0.5) is 14.5 Å². The van der Waals surface area contributed by atoms with E-state index in [4.69, 9.17) is 5.11 Å². The van der Waals surface area contributed by atoms with E-state index in [1.807, 2.05) is 0 Å². The molecule has 0 unspecified atom stereocenters. The number of carboxylic acids is 1. The Kier molecular flexibility index (Phi) is 3.61. The third-order valence-corrected chi connectivity index (χ3v) is 2.74. The van der Waals surface area contributed by atoms with Gasteiger partial charge in [0, 0.05) is 12.1 Å². The van der Waals surface area contributed by atoms with Gasteiger partial charge in [-0.25, -0.2) is 13.9 Å². The molecule has 0 saturated carbocycles. The number of carboxylic acid groups (broad SMARTS) is 1. The number of nitro groups is 1. The van der Waals surface area contributed by atoms with Crippen molar-refractivity contribution in [3.63, 3.8) is 0 Å². The van der Waals surface area contributed by atoms with Gasteiger partial charge in [-0.2, -0.15) is 4.39 Å². The molecule has 1 heterocycles. The van der Waals surface area contributed by atoms with Crippen molar-refractivity contribution < 1.29 is 23.6 Å². The van der Waals surface area contributed by atoms with E-state index in [9.17, 15) is 23.7 Å². The smallest absolute Gasteiger partial charge is 0.358 e. The zero-order valence-corrected chi connectivity index (χ0v) is 10.6. The zero-order valence-electron chi connectivity index (χ0n) is 10.6. The van der Waals surface area contributed by atoms with Gasteiger partial charge in [0.05, 0.1) is 10.6 Å². The molecule has 0 bridgehead atoms. The maximum Gasteiger partial charge on any atom is 0.358 e. The number of hydrogen-bond donors (Lipinski definition) is 1. The number of rotatable bonds is 4. The van der Waals surface area contributed by atoms with E-state index >= 15 is 0 Å². The summed E-state index contributed by atoms with van der Waals surface area (Å²) in [7, 11) is 0. The summed E-state index contributed by atoms with van der Waals surface area (Å²) in [6.07, 6.45) is 0.138. The van der Waals surface area contributed by atoms with Crippen molar-refractivity contribution in [2.24, 2.45) is 0 Å². The van der Waals surface area contributed by atoms with Crippen LogP contribution in [0.5, 0.6) is 0 Å². The molecule has 8 nitrogen and oxygen atoms in total. The number of halogens is 2. The van der Waals surface area contributed by atoms with Crippen molar-refractivity contribution >= 4 is 11.7 Å². The molecule has 2 rings (SSSR count). The minimum absolute atomic E-state index is 0.0438. The van der Waals surface area contributed by atoms with Crippen LogP contribution in [0.1, 0.15) is 23.1 Å². The molecule has 1 aromatic carbocycles. The minimum atomic E-state index is -1.37. The third kappa shape index (κ3) is 2.42. The van der Waals surface area contributed by atoms with Crippen LogP contribution in [-0.4, -0.2) is 31.0 Å². The lowest BCUT2D eigenvalue weighted by Crippen LogP contribution is -2.08. The maximum atomic E-state index is 13.8. The summed E-state index contributed by atoms with van der Waals surface area (Å²) in [6.45, 7) is 1.58. The monoisotopic (exact) mass is 298 g/mol. The van der Waals surface area contributed by atoms with E-state index in [1.54, 1.807) is 6.92 Å². The van der Waals surface area contributed by atoms with Crippen LogP contribution in [0.15, 0.2) is 12.1 Å².